The zero-order valence-electron chi connectivity index (χ0n) is 14.8. The molecular formula is C18H21N5O3. The summed E-state index contributed by atoms with van der Waals surface area (Å²) in [5, 5.41) is 6.53. The summed E-state index contributed by atoms with van der Waals surface area (Å²) in [6.07, 6.45) is 2.02. The molecule has 0 bridgehead atoms. The molecular weight excluding hydrogens is 334 g/mol. The largest absolute Gasteiger partial charge is 0.497 e. The maximum absolute atomic E-state index is 11.3. The van der Waals surface area contributed by atoms with Gasteiger partial charge in [-0.1, -0.05) is 0 Å². The van der Waals surface area contributed by atoms with Crippen molar-refractivity contribution >= 4 is 0 Å². The highest BCUT2D eigenvalue weighted by Crippen LogP contribution is 2.32. The molecule has 3 aromatic rings. The van der Waals surface area contributed by atoms with Crippen molar-refractivity contribution in [2.24, 2.45) is 0 Å². The van der Waals surface area contributed by atoms with Gasteiger partial charge < -0.3 is 9.15 Å². The van der Waals surface area contributed by atoms with Gasteiger partial charge in [-0.25, -0.2) is 14.9 Å². The van der Waals surface area contributed by atoms with E-state index in [0.717, 1.165) is 42.2 Å². The molecule has 0 amide bonds. The van der Waals surface area contributed by atoms with Crippen LogP contribution < -0.4 is 10.4 Å². The minimum atomic E-state index is -0.272. The predicted octanol–water partition coefficient (Wildman–Crippen LogP) is 2.41. The SMILES string of the molecule is COc1ccc(-c2nc(CN3CCCC3c3n[nH]c(=O)[nH]3)c(C)o2)cc1. The van der Waals surface area contributed by atoms with Gasteiger partial charge in [0.2, 0.25) is 5.89 Å². The third kappa shape index (κ3) is 3.15. The normalized spacial score (nSPS) is 17.7. The third-order valence-corrected chi connectivity index (χ3v) is 4.78. The Morgan fingerprint density at radius 2 is 2.15 bits per heavy atom. The van der Waals surface area contributed by atoms with E-state index in [9.17, 15) is 4.79 Å². The van der Waals surface area contributed by atoms with Crippen LogP contribution in [0.5, 0.6) is 5.75 Å². The van der Waals surface area contributed by atoms with Crippen molar-refractivity contribution in [2.75, 3.05) is 13.7 Å². The highest BCUT2D eigenvalue weighted by atomic mass is 16.5. The Labute approximate surface area is 150 Å². The van der Waals surface area contributed by atoms with Crippen molar-refractivity contribution in [1.82, 2.24) is 25.1 Å². The summed E-state index contributed by atoms with van der Waals surface area (Å²) < 4.78 is 11.1. The van der Waals surface area contributed by atoms with Gasteiger partial charge >= 0.3 is 5.69 Å². The molecule has 1 aromatic carbocycles. The molecule has 8 nitrogen and oxygen atoms in total. The van der Waals surface area contributed by atoms with Crippen molar-refractivity contribution < 1.29 is 9.15 Å². The van der Waals surface area contributed by atoms with Crippen molar-refractivity contribution in [3.8, 4) is 17.2 Å². The van der Waals surface area contributed by atoms with Crippen LogP contribution in [-0.2, 0) is 6.54 Å². The van der Waals surface area contributed by atoms with Crippen LogP contribution >= 0.6 is 0 Å². The summed E-state index contributed by atoms with van der Waals surface area (Å²) in [4.78, 5) is 21.1. The number of oxazole rings is 1. The Balaban J connectivity index is 1.54. The molecule has 0 spiro atoms. The monoisotopic (exact) mass is 355 g/mol. The van der Waals surface area contributed by atoms with Gasteiger partial charge in [0.25, 0.3) is 0 Å². The first-order valence-corrected chi connectivity index (χ1v) is 8.63. The van der Waals surface area contributed by atoms with E-state index in [-0.39, 0.29) is 11.7 Å². The fraction of sp³-hybridized carbons (Fsp3) is 0.389. The summed E-state index contributed by atoms with van der Waals surface area (Å²) in [5.74, 6) is 2.88. The number of rotatable bonds is 5. The standard InChI is InChI=1S/C18H21N5O3/c1-11-14(19-17(26-11)12-5-7-13(25-2)8-6-12)10-23-9-3-4-15(23)16-20-18(24)22-21-16/h5-8,15H,3-4,9-10H2,1-2H3,(H2,20,21,22,24). The van der Waals surface area contributed by atoms with Crippen molar-refractivity contribution in [1.29, 1.82) is 0 Å². The number of H-pyrrole nitrogens is 2. The molecule has 1 saturated heterocycles. The zero-order chi connectivity index (χ0) is 18.1. The van der Waals surface area contributed by atoms with Gasteiger partial charge in [-0.3, -0.25) is 9.88 Å². The molecule has 1 aliphatic heterocycles. The van der Waals surface area contributed by atoms with Crippen molar-refractivity contribution in [3.63, 3.8) is 0 Å². The van der Waals surface area contributed by atoms with Crippen LogP contribution in [0.4, 0.5) is 0 Å². The highest BCUT2D eigenvalue weighted by Gasteiger charge is 2.30. The number of hydrogen-bond acceptors (Lipinski definition) is 6. The Hall–Kier alpha value is -2.87. The molecule has 4 rings (SSSR count). The highest BCUT2D eigenvalue weighted by molar-refractivity contribution is 5.55. The van der Waals surface area contributed by atoms with Crippen LogP contribution in [0.15, 0.2) is 33.5 Å². The molecule has 0 radical (unpaired) electrons. The van der Waals surface area contributed by atoms with Crippen LogP contribution in [0, 0.1) is 6.92 Å². The fourth-order valence-electron chi connectivity index (χ4n) is 3.39. The number of aromatic amines is 2. The first-order chi connectivity index (χ1) is 12.6. The van der Waals surface area contributed by atoms with E-state index in [1.807, 2.05) is 31.2 Å². The Morgan fingerprint density at radius 3 is 2.85 bits per heavy atom. The number of hydrogen-bond donors (Lipinski definition) is 2. The molecule has 26 heavy (non-hydrogen) atoms. The van der Waals surface area contributed by atoms with E-state index in [2.05, 4.69) is 25.1 Å². The Kier molecular flexibility index (Phi) is 4.34. The third-order valence-electron chi connectivity index (χ3n) is 4.78. The summed E-state index contributed by atoms with van der Waals surface area (Å²) in [7, 11) is 1.64. The average Bonchev–Trinajstić information content (AvgIpc) is 3.36. The first-order valence-electron chi connectivity index (χ1n) is 8.63. The second-order valence-corrected chi connectivity index (χ2v) is 6.44. The molecule has 2 aromatic heterocycles. The molecule has 0 aliphatic carbocycles. The van der Waals surface area contributed by atoms with Crippen molar-refractivity contribution in [3.05, 3.63) is 52.0 Å². The minimum Gasteiger partial charge on any atom is -0.497 e. The van der Waals surface area contributed by atoms with Gasteiger partial charge in [-0.05, 0) is 50.6 Å². The number of aryl methyl sites for hydroxylation is 1. The number of likely N-dealkylation sites (tertiary alicyclic amines) is 1. The van der Waals surface area contributed by atoms with Crippen LogP contribution in [0.1, 0.15) is 36.2 Å². The topological polar surface area (TPSA) is 100 Å². The number of ether oxygens (including phenoxy) is 1. The minimum absolute atomic E-state index is 0.0921. The Morgan fingerprint density at radius 1 is 1.35 bits per heavy atom. The van der Waals surface area contributed by atoms with Gasteiger partial charge in [0.05, 0.1) is 18.8 Å². The molecule has 0 saturated carbocycles. The molecule has 8 heteroatoms. The van der Waals surface area contributed by atoms with Gasteiger partial charge in [-0.2, -0.15) is 5.10 Å². The summed E-state index contributed by atoms with van der Waals surface area (Å²) in [6.45, 7) is 3.52. The summed E-state index contributed by atoms with van der Waals surface area (Å²) in [6, 6.07) is 7.73. The number of nitrogens with one attached hydrogen (secondary N) is 2. The molecule has 2 N–H and O–H groups in total. The van der Waals surface area contributed by atoms with Crippen LogP contribution in [0.2, 0.25) is 0 Å². The second-order valence-electron chi connectivity index (χ2n) is 6.44. The maximum atomic E-state index is 11.3. The molecule has 1 unspecified atom stereocenters. The predicted molar refractivity (Wildman–Crippen MR) is 94.8 cm³/mol. The number of aromatic nitrogens is 4. The molecule has 1 aliphatic rings. The van der Waals surface area contributed by atoms with E-state index in [1.54, 1.807) is 7.11 Å². The average molecular weight is 355 g/mol. The lowest BCUT2D eigenvalue weighted by Crippen LogP contribution is -2.24. The lowest BCUT2D eigenvalue weighted by atomic mass is 10.2. The van der Waals surface area contributed by atoms with E-state index in [1.165, 1.54) is 0 Å². The summed E-state index contributed by atoms with van der Waals surface area (Å²) in [5.41, 5.74) is 1.54. The second kappa shape index (κ2) is 6.80. The lowest BCUT2D eigenvalue weighted by Gasteiger charge is -2.21. The van der Waals surface area contributed by atoms with Crippen LogP contribution in [-0.4, -0.2) is 38.7 Å². The molecule has 1 fully saturated rings. The molecule has 136 valence electrons. The smallest absolute Gasteiger partial charge is 0.340 e. The summed E-state index contributed by atoms with van der Waals surface area (Å²) >= 11 is 0. The van der Waals surface area contributed by atoms with E-state index in [4.69, 9.17) is 9.15 Å². The van der Waals surface area contributed by atoms with E-state index >= 15 is 0 Å². The van der Waals surface area contributed by atoms with Gasteiger partial charge in [0.15, 0.2) is 0 Å². The van der Waals surface area contributed by atoms with Crippen LogP contribution in [0.3, 0.4) is 0 Å². The fourth-order valence-corrected chi connectivity index (χ4v) is 3.39. The lowest BCUT2D eigenvalue weighted by molar-refractivity contribution is 0.236. The quantitative estimate of drug-likeness (QED) is 0.729. The number of nitrogens with zero attached hydrogens (tertiary/aromatic N) is 3. The van der Waals surface area contributed by atoms with E-state index < -0.39 is 0 Å². The first kappa shape index (κ1) is 16.6. The number of benzene rings is 1. The number of methoxy groups -OCH3 is 1. The van der Waals surface area contributed by atoms with Gasteiger partial charge in [0.1, 0.15) is 17.3 Å². The van der Waals surface area contributed by atoms with Crippen molar-refractivity contribution in [2.45, 2.75) is 32.4 Å². The zero-order valence-corrected chi connectivity index (χ0v) is 14.8. The van der Waals surface area contributed by atoms with Gasteiger partial charge in [0, 0.05) is 12.1 Å². The van der Waals surface area contributed by atoms with Crippen LogP contribution in [0.25, 0.3) is 11.5 Å². The molecule has 1 atom stereocenters. The van der Waals surface area contributed by atoms with E-state index in [0.29, 0.717) is 18.3 Å². The maximum Gasteiger partial charge on any atom is 0.340 e. The Bertz CT molecular complexity index is 940. The van der Waals surface area contributed by atoms with Gasteiger partial charge in [-0.15, -0.1) is 0 Å². The molecule has 3 heterocycles.